The maximum atomic E-state index is 12.2. The highest BCUT2D eigenvalue weighted by Crippen LogP contribution is 2.38. The van der Waals surface area contributed by atoms with E-state index in [1.54, 1.807) is 12.1 Å². The summed E-state index contributed by atoms with van der Waals surface area (Å²) in [5.74, 6) is 1.29. The second-order valence-electron chi connectivity index (χ2n) is 4.58. The molecular weight excluding hydrogens is 260 g/mol. The Morgan fingerprint density at radius 2 is 1.85 bits per heavy atom. The van der Waals surface area contributed by atoms with Crippen molar-refractivity contribution in [3.05, 3.63) is 17.7 Å². The van der Waals surface area contributed by atoms with Crippen molar-refractivity contribution in [2.24, 2.45) is 0 Å². The van der Waals surface area contributed by atoms with Crippen LogP contribution in [-0.4, -0.2) is 46.4 Å². The Kier molecular flexibility index (Phi) is 4.68. The molecule has 0 aliphatic carbocycles. The minimum atomic E-state index is -0.141. The minimum absolute atomic E-state index is 0.141. The molecule has 2 N–H and O–H groups in total. The van der Waals surface area contributed by atoms with Gasteiger partial charge >= 0.3 is 0 Å². The molecule has 1 amide bonds. The van der Waals surface area contributed by atoms with Gasteiger partial charge in [0.25, 0.3) is 5.91 Å². The molecular formula is C14H20N2O4. The highest BCUT2D eigenvalue weighted by atomic mass is 16.5. The summed E-state index contributed by atoms with van der Waals surface area (Å²) in [5, 5.41) is 6.19. The largest absolute Gasteiger partial charge is 0.493 e. The van der Waals surface area contributed by atoms with E-state index >= 15 is 0 Å². The SMILES string of the molecule is COc1cc(C(=O)NC2CCNC2)cc(OC)c1OC. The van der Waals surface area contributed by atoms with Crippen molar-refractivity contribution in [1.82, 2.24) is 10.6 Å². The molecule has 0 saturated carbocycles. The number of methoxy groups -OCH3 is 3. The highest BCUT2D eigenvalue weighted by Gasteiger charge is 2.20. The van der Waals surface area contributed by atoms with E-state index in [9.17, 15) is 4.79 Å². The zero-order valence-electron chi connectivity index (χ0n) is 12.0. The number of benzene rings is 1. The third-order valence-electron chi connectivity index (χ3n) is 3.32. The molecule has 6 heteroatoms. The van der Waals surface area contributed by atoms with Gasteiger partial charge in [0.15, 0.2) is 11.5 Å². The Hall–Kier alpha value is -1.95. The first kappa shape index (κ1) is 14.5. The van der Waals surface area contributed by atoms with E-state index in [0.29, 0.717) is 22.8 Å². The summed E-state index contributed by atoms with van der Waals surface area (Å²) in [4.78, 5) is 12.2. The Balaban J connectivity index is 2.24. The first-order valence-electron chi connectivity index (χ1n) is 6.51. The molecule has 20 heavy (non-hydrogen) atoms. The second-order valence-corrected chi connectivity index (χ2v) is 4.58. The van der Waals surface area contributed by atoms with Crippen LogP contribution in [0.1, 0.15) is 16.8 Å². The Labute approximate surface area is 118 Å². The lowest BCUT2D eigenvalue weighted by molar-refractivity contribution is 0.0939. The molecule has 1 unspecified atom stereocenters. The molecule has 1 fully saturated rings. The van der Waals surface area contributed by atoms with Gasteiger partial charge in [0.2, 0.25) is 5.75 Å². The van der Waals surface area contributed by atoms with Crippen molar-refractivity contribution in [3.63, 3.8) is 0 Å². The van der Waals surface area contributed by atoms with Gasteiger partial charge in [-0.15, -0.1) is 0 Å². The zero-order chi connectivity index (χ0) is 14.5. The molecule has 1 atom stereocenters. The van der Waals surface area contributed by atoms with Crippen LogP contribution in [0.25, 0.3) is 0 Å². The zero-order valence-corrected chi connectivity index (χ0v) is 12.0. The van der Waals surface area contributed by atoms with E-state index in [-0.39, 0.29) is 11.9 Å². The van der Waals surface area contributed by atoms with E-state index in [4.69, 9.17) is 14.2 Å². The number of rotatable bonds is 5. The molecule has 0 radical (unpaired) electrons. The Bertz CT molecular complexity index is 459. The number of hydrogen-bond acceptors (Lipinski definition) is 5. The van der Waals surface area contributed by atoms with Crippen molar-refractivity contribution in [3.8, 4) is 17.2 Å². The van der Waals surface area contributed by atoms with Gasteiger partial charge in [-0.25, -0.2) is 0 Å². The van der Waals surface area contributed by atoms with Crippen molar-refractivity contribution in [2.45, 2.75) is 12.5 Å². The van der Waals surface area contributed by atoms with Crippen molar-refractivity contribution in [2.75, 3.05) is 34.4 Å². The third-order valence-corrected chi connectivity index (χ3v) is 3.32. The summed E-state index contributed by atoms with van der Waals surface area (Å²) < 4.78 is 15.7. The van der Waals surface area contributed by atoms with Crippen LogP contribution in [0.2, 0.25) is 0 Å². The van der Waals surface area contributed by atoms with Gasteiger partial charge in [-0.1, -0.05) is 0 Å². The van der Waals surface area contributed by atoms with Gasteiger partial charge in [-0.3, -0.25) is 4.79 Å². The first-order valence-corrected chi connectivity index (χ1v) is 6.51. The topological polar surface area (TPSA) is 68.8 Å². The van der Waals surface area contributed by atoms with Gasteiger partial charge in [-0.2, -0.15) is 0 Å². The summed E-state index contributed by atoms with van der Waals surface area (Å²) in [6.07, 6.45) is 0.941. The average molecular weight is 280 g/mol. The normalized spacial score (nSPS) is 17.6. The summed E-state index contributed by atoms with van der Waals surface area (Å²) in [7, 11) is 4.59. The molecule has 0 bridgehead atoms. The van der Waals surface area contributed by atoms with Crippen molar-refractivity contribution < 1.29 is 19.0 Å². The number of hydrogen-bond donors (Lipinski definition) is 2. The standard InChI is InChI=1S/C14H20N2O4/c1-18-11-6-9(7-12(19-2)13(11)20-3)14(17)16-10-4-5-15-8-10/h6-7,10,15H,4-5,8H2,1-3H3,(H,16,17). The Morgan fingerprint density at radius 3 is 2.30 bits per heavy atom. The fraction of sp³-hybridized carbons (Fsp3) is 0.500. The highest BCUT2D eigenvalue weighted by molar-refractivity contribution is 5.95. The quantitative estimate of drug-likeness (QED) is 0.835. The van der Waals surface area contributed by atoms with Crippen LogP contribution in [0, 0.1) is 0 Å². The third kappa shape index (κ3) is 2.96. The molecule has 6 nitrogen and oxygen atoms in total. The van der Waals surface area contributed by atoms with Crippen LogP contribution in [-0.2, 0) is 0 Å². The van der Waals surface area contributed by atoms with E-state index < -0.39 is 0 Å². The van der Waals surface area contributed by atoms with Gasteiger partial charge in [0.05, 0.1) is 21.3 Å². The number of nitrogens with one attached hydrogen (secondary N) is 2. The van der Waals surface area contributed by atoms with Crippen molar-refractivity contribution in [1.29, 1.82) is 0 Å². The summed E-state index contributed by atoms with van der Waals surface area (Å²) in [6, 6.07) is 3.47. The molecule has 1 aromatic carbocycles. The van der Waals surface area contributed by atoms with Crippen LogP contribution in [0.5, 0.6) is 17.2 Å². The fourth-order valence-electron chi connectivity index (χ4n) is 2.26. The molecule has 0 aromatic heterocycles. The van der Waals surface area contributed by atoms with Crippen LogP contribution >= 0.6 is 0 Å². The second kappa shape index (κ2) is 6.47. The van der Waals surface area contributed by atoms with Crippen LogP contribution in [0.15, 0.2) is 12.1 Å². The molecule has 1 heterocycles. The van der Waals surface area contributed by atoms with Gasteiger partial charge in [0, 0.05) is 18.2 Å². The predicted octanol–water partition coefficient (Wildman–Crippen LogP) is 0.804. The van der Waals surface area contributed by atoms with Crippen molar-refractivity contribution >= 4 is 5.91 Å². The maximum Gasteiger partial charge on any atom is 0.251 e. The molecule has 1 aromatic rings. The summed E-state index contributed by atoms with van der Waals surface area (Å²) in [6.45, 7) is 1.73. The molecule has 1 aliphatic rings. The average Bonchev–Trinajstić information content (AvgIpc) is 2.98. The lowest BCUT2D eigenvalue weighted by Gasteiger charge is -2.15. The van der Waals surface area contributed by atoms with Gasteiger partial charge in [0.1, 0.15) is 0 Å². The molecule has 0 spiro atoms. The number of carbonyl (C=O) groups excluding carboxylic acids is 1. The van der Waals surface area contributed by atoms with E-state index in [1.165, 1.54) is 21.3 Å². The maximum absolute atomic E-state index is 12.2. The van der Waals surface area contributed by atoms with Gasteiger partial charge in [-0.05, 0) is 25.1 Å². The molecule has 110 valence electrons. The number of amides is 1. The summed E-state index contributed by atoms with van der Waals surface area (Å²) in [5.41, 5.74) is 0.492. The lowest BCUT2D eigenvalue weighted by Crippen LogP contribution is -2.36. The molecule has 1 saturated heterocycles. The van der Waals surface area contributed by atoms with Crippen LogP contribution in [0.4, 0.5) is 0 Å². The lowest BCUT2D eigenvalue weighted by atomic mass is 10.1. The van der Waals surface area contributed by atoms with Crippen LogP contribution in [0.3, 0.4) is 0 Å². The van der Waals surface area contributed by atoms with E-state index in [2.05, 4.69) is 10.6 Å². The number of carbonyl (C=O) groups is 1. The van der Waals surface area contributed by atoms with E-state index in [0.717, 1.165) is 19.5 Å². The monoisotopic (exact) mass is 280 g/mol. The van der Waals surface area contributed by atoms with E-state index in [1.807, 2.05) is 0 Å². The predicted molar refractivity (Wildman–Crippen MR) is 74.8 cm³/mol. The van der Waals surface area contributed by atoms with Gasteiger partial charge < -0.3 is 24.8 Å². The minimum Gasteiger partial charge on any atom is -0.493 e. The Morgan fingerprint density at radius 1 is 1.20 bits per heavy atom. The first-order chi connectivity index (χ1) is 9.69. The van der Waals surface area contributed by atoms with Crippen LogP contribution < -0.4 is 24.8 Å². The number of ether oxygens (including phenoxy) is 3. The smallest absolute Gasteiger partial charge is 0.251 e. The molecule has 2 rings (SSSR count). The fourth-order valence-corrected chi connectivity index (χ4v) is 2.26. The summed E-state index contributed by atoms with van der Waals surface area (Å²) >= 11 is 0. The molecule has 1 aliphatic heterocycles.